The van der Waals surface area contributed by atoms with E-state index in [-0.39, 0.29) is 18.4 Å². The monoisotopic (exact) mass is 357 g/mol. The molecule has 0 aliphatic carbocycles. The summed E-state index contributed by atoms with van der Waals surface area (Å²) in [6.45, 7) is 1.04. The number of rotatable bonds is 2. The van der Waals surface area contributed by atoms with Gasteiger partial charge in [-0.25, -0.2) is 4.79 Å². The van der Waals surface area contributed by atoms with Crippen molar-refractivity contribution in [3.63, 3.8) is 0 Å². The summed E-state index contributed by atoms with van der Waals surface area (Å²) >= 11 is 0. The van der Waals surface area contributed by atoms with Crippen LogP contribution in [0.5, 0.6) is 11.5 Å². The van der Waals surface area contributed by atoms with Crippen LogP contribution in [0.2, 0.25) is 0 Å². The summed E-state index contributed by atoms with van der Waals surface area (Å²) in [4.78, 5) is 16.6. The lowest BCUT2D eigenvalue weighted by Gasteiger charge is -2.19. The highest BCUT2D eigenvalue weighted by Crippen LogP contribution is 2.32. The normalized spacial score (nSPS) is 12.2. The molecule has 0 saturated carbocycles. The van der Waals surface area contributed by atoms with Crippen molar-refractivity contribution in [1.82, 2.24) is 4.98 Å². The van der Waals surface area contributed by atoms with E-state index in [1.165, 1.54) is 0 Å². The third kappa shape index (κ3) is 3.59. The number of carbonyl (C=O) groups excluding carboxylic acids is 1. The SMILES string of the molecule is Cl.O=C(Nc1ccc2c(c1)OCCO2)Nc1ccnc2ccccc12. The zero-order chi connectivity index (χ0) is 16.4. The zero-order valence-corrected chi connectivity index (χ0v) is 14.0. The van der Waals surface area contributed by atoms with Crippen LogP contribution in [0.3, 0.4) is 0 Å². The molecule has 2 amide bonds. The number of anilines is 2. The number of fused-ring (bicyclic) bond motifs is 2. The van der Waals surface area contributed by atoms with Gasteiger partial charge in [0, 0.05) is 23.3 Å². The Hall–Kier alpha value is -2.99. The van der Waals surface area contributed by atoms with E-state index in [0.29, 0.717) is 36.1 Å². The van der Waals surface area contributed by atoms with E-state index in [0.717, 1.165) is 10.9 Å². The number of nitrogens with one attached hydrogen (secondary N) is 2. The number of nitrogens with zero attached hydrogens (tertiary/aromatic N) is 1. The molecule has 2 N–H and O–H groups in total. The molecule has 1 aromatic heterocycles. The summed E-state index contributed by atoms with van der Waals surface area (Å²) in [5.74, 6) is 1.32. The maximum Gasteiger partial charge on any atom is 0.323 e. The molecule has 0 radical (unpaired) electrons. The fourth-order valence-corrected chi connectivity index (χ4v) is 2.61. The molecular formula is C18H16ClN3O3. The number of pyridine rings is 1. The third-order valence-electron chi connectivity index (χ3n) is 3.70. The molecule has 0 fully saturated rings. The fraction of sp³-hybridized carbons (Fsp3) is 0.111. The predicted molar refractivity (Wildman–Crippen MR) is 99.1 cm³/mol. The molecule has 25 heavy (non-hydrogen) atoms. The maximum atomic E-state index is 12.3. The summed E-state index contributed by atoms with van der Waals surface area (Å²) in [5.41, 5.74) is 2.17. The average Bonchev–Trinajstić information content (AvgIpc) is 2.62. The molecule has 0 atom stereocenters. The first-order chi connectivity index (χ1) is 11.8. The quantitative estimate of drug-likeness (QED) is 0.725. The van der Waals surface area contributed by atoms with Gasteiger partial charge in [-0.05, 0) is 24.3 Å². The highest BCUT2D eigenvalue weighted by molar-refractivity contribution is 6.05. The van der Waals surface area contributed by atoms with E-state index in [4.69, 9.17) is 9.47 Å². The Kier molecular flexibility index (Phi) is 4.90. The second-order valence-electron chi connectivity index (χ2n) is 5.31. The maximum absolute atomic E-state index is 12.3. The molecule has 3 aromatic rings. The Morgan fingerprint density at radius 1 is 0.960 bits per heavy atom. The number of benzene rings is 2. The molecule has 4 rings (SSSR count). The summed E-state index contributed by atoms with van der Waals surface area (Å²) in [6, 6.07) is 14.4. The first-order valence-corrected chi connectivity index (χ1v) is 7.61. The summed E-state index contributed by atoms with van der Waals surface area (Å²) in [6.07, 6.45) is 1.67. The average molecular weight is 358 g/mol. The summed E-state index contributed by atoms with van der Waals surface area (Å²) in [5, 5.41) is 6.54. The van der Waals surface area contributed by atoms with E-state index in [9.17, 15) is 4.79 Å². The number of hydrogen-bond donors (Lipinski definition) is 2. The first kappa shape index (κ1) is 16.9. The molecule has 7 heteroatoms. The minimum Gasteiger partial charge on any atom is -0.486 e. The Morgan fingerprint density at radius 3 is 2.64 bits per heavy atom. The molecule has 0 unspecified atom stereocenters. The number of ether oxygens (including phenoxy) is 2. The highest BCUT2D eigenvalue weighted by atomic mass is 35.5. The van der Waals surface area contributed by atoms with Gasteiger partial charge in [0.05, 0.1) is 11.2 Å². The van der Waals surface area contributed by atoms with Crippen LogP contribution in [0.15, 0.2) is 54.7 Å². The van der Waals surface area contributed by atoms with Gasteiger partial charge in [-0.15, -0.1) is 12.4 Å². The third-order valence-corrected chi connectivity index (χ3v) is 3.70. The molecule has 6 nitrogen and oxygen atoms in total. The zero-order valence-electron chi connectivity index (χ0n) is 13.2. The summed E-state index contributed by atoms with van der Waals surface area (Å²) in [7, 11) is 0. The summed E-state index contributed by atoms with van der Waals surface area (Å²) < 4.78 is 11.0. The number of urea groups is 1. The van der Waals surface area contributed by atoms with Gasteiger partial charge in [0.25, 0.3) is 0 Å². The lowest BCUT2D eigenvalue weighted by atomic mass is 10.2. The molecule has 0 bridgehead atoms. The number of halogens is 1. The van der Waals surface area contributed by atoms with E-state index in [1.807, 2.05) is 24.3 Å². The van der Waals surface area contributed by atoms with Crippen molar-refractivity contribution in [3.05, 3.63) is 54.7 Å². The molecule has 2 aromatic carbocycles. The second kappa shape index (κ2) is 7.27. The number of aromatic nitrogens is 1. The van der Waals surface area contributed by atoms with Crippen LogP contribution >= 0.6 is 12.4 Å². The van der Waals surface area contributed by atoms with Crippen LogP contribution in [0.25, 0.3) is 10.9 Å². The molecule has 128 valence electrons. The van der Waals surface area contributed by atoms with Gasteiger partial charge in [0.15, 0.2) is 11.5 Å². The molecule has 1 aliphatic rings. The lowest BCUT2D eigenvalue weighted by molar-refractivity contribution is 0.171. The fourth-order valence-electron chi connectivity index (χ4n) is 2.61. The van der Waals surface area contributed by atoms with Crippen LogP contribution < -0.4 is 20.1 Å². The first-order valence-electron chi connectivity index (χ1n) is 7.61. The van der Waals surface area contributed by atoms with Crippen LogP contribution in [0, 0.1) is 0 Å². The number of amides is 2. The van der Waals surface area contributed by atoms with E-state index in [1.54, 1.807) is 30.5 Å². The van der Waals surface area contributed by atoms with Gasteiger partial charge in [-0.3, -0.25) is 4.98 Å². The Balaban J connectivity index is 0.00000182. The molecule has 0 spiro atoms. The van der Waals surface area contributed by atoms with E-state index in [2.05, 4.69) is 15.6 Å². The van der Waals surface area contributed by atoms with Crippen LogP contribution in [-0.2, 0) is 0 Å². The second-order valence-corrected chi connectivity index (χ2v) is 5.31. The van der Waals surface area contributed by atoms with Crippen molar-refractivity contribution in [1.29, 1.82) is 0 Å². The number of carbonyl (C=O) groups is 1. The molecular weight excluding hydrogens is 342 g/mol. The Labute approximate surface area is 150 Å². The smallest absolute Gasteiger partial charge is 0.323 e. The van der Waals surface area contributed by atoms with Gasteiger partial charge in [0.2, 0.25) is 0 Å². The van der Waals surface area contributed by atoms with Gasteiger partial charge >= 0.3 is 6.03 Å². The van der Waals surface area contributed by atoms with Crippen molar-refractivity contribution >= 4 is 40.7 Å². The van der Waals surface area contributed by atoms with Crippen molar-refractivity contribution < 1.29 is 14.3 Å². The van der Waals surface area contributed by atoms with Gasteiger partial charge in [-0.1, -0.05) is 18.2 Å². The van der Waals surface area contributed by atoms with Crippen molar-refractivity contribution in [2.45, 2.75) is 0 Å². The highest BCUT2D eigenvalue weighted by Gasteiger charge is 2.13. The molecule has 1 aliphatic heterocycles. The number of para-hydroxylation sites is 1. The van der Waals surface area contributed by atoms with Crippen LogP contribution in [0.4, 0.5) is 16.2 Å². The van der Waals surface area contributed by atoms with E-state index < -0.39 is 0 Å². The minimum absolute atomic E-state index is 0. The largest absolute Gasteiger partial charge is 0.486 e. The van der Waals surface area contributed by atoms with Crippen molar-refractivity contribution in [2.24, 2.45) is 0 Å². The van der Waals surface area contributed by atoms with Crippen LogP contribution in [0.1, 0.15) is 0 Å². The Bertz CT molecular complexity index is 912. The van der Waals surface area contributed by atoms with E-state index >= 15 is 0 Å². The Morgan fingerprint density at radius 2 is 1.76 bits per heavy atom. The molecule has 2 heterocycles. The van der Waals surface area contributed by atoms with Crippen molar-refractivity contribution in [2.75, 3.05) is 23.8 Å². The predicted octanol–water partition coefficient (Wildman–Crippen LogP) is 4.07. The van der Waals surface area contributed by atoms with Gasteiger partial charge < -0.3 is 20.1 Å². The topological polar surface area (TPSA) is 72.5 Å². The minimum atomic E-state index is -0.331. The lowest BCUT2D eigenvalue weighted by Crippen LogP contribution is -2.20. The van der Waals surface area contributed by atoms with Crippen LogP contribution in [-0.4, -0.2) is 24.2 Å². The van der Waals surface area contributed by atoms with Crippen molar-refractivity contribution in [3.8, 4) is 11.5 Å². The van der Waals surface area contributed by atoms with Gasteiger partial charge in [-0.2, -0.15) is 0 Å². The number of hydrogen-bond acceptors (Lipinski definition) is 4. The van der Waals surface area contributed by atoms with Gasteiger partial charge in [0.1, 0.15) is 13.2 Å². The molecule has 0 saturated heterocycles. The standard InChI is InChI=1S/C18H15N3O3.ClH/c22-18(20-12-5-6-16-17(11-12)24-10-9-23-16)21-15-7-8-19-14-4-2-1-3-13(14)15;/h1-8,11H,9-10H2,(H2,19,20,21,22);1H.